The fourth-order valence-corrected chi connectivity index (χ4v) is 2.48. The third kappa shape index (κ3) is 4.79. The number of amides is 1. The van der Waals surface area contributed by atoms with Crippen LogP contribution in [0.5, 0.6) is 0 Å². The van der Waals surface area contributed by atoms with Gasteiger partial charge in [-0.15, -0.1) is 0 Å². The van der Waals surface area contributed by atoms with Crippen LogP contribution < -0.4 is 4.72 Å². The lowest BCUT2D eigenvalue weighted by atomic mass is 10.1. The number of rotatable bonds is 5. The Morgan fingerprint density at radius 1 is 1.05 bits per heavy atom. The van der Waals surface area contributed by atoms with Crippen LogP contribution in [0, 0.1) is 6.92 Å². The van der Waals surface area contributed by atoms with Crippen LogP contribution in [0.25, 0.3) is 0 Å². The standard InChI is InChI=1S/C16H17NOS/c1-13-6-5-9-15(10-13)11-16(18)17-19-12-14-7-3-2-4-8-14/h2-10H,11-12H2,1H3,(H,17,18). The van der Waals surface area contributed by atoms with E-state index in [1.807, 2.05) is 49.4 Å². The summed E-state index contributed by atoms with van der Waals surface area (Å²) in [6.07, 6.45) is 0.434. The van der Waals surface area contributed by atoms with Gasteiger partial charge < -0.3 is 0 Å². The predicted octanol–water partition coefficient (Wildman–Crippen LogP) is 3.50. The number of nitrogens with one attached hydrogen (secondary N) is 1. The van der Waals surface area contributed by atoms with Crippen LogP contribution >= 0.6 is 11.9 Å². The van der Waals surface area contributed by atoms with Gasteiger partial charge in [-0.2, -0.15) is 0 Å². The van der Waals surface area contributed by atoms with E-state index in [2.05, 4.69) is 16.9 Å². The monoisotopic (exact) mass is 271 g/mol. The van der Waals surface area contributed by atoms with Crippen molar-refractivity contribution in [3.05, 3.63) is 71.3 Å². The first-order chi connectivity index (χ1) is 9.24. The Kier molecular flexibility index (Phi) is 5.04. The molecule has 19 heavy (non-hydrogen) atoms. The minimum Gasteiger partial charge on any atom is -0.300 e. The molecule has 1 amide bonds. The summed E-state index contributed by atoms with van der Waals surface area (Å²) in [6, 6.07) is 18.1. The highest BCUT2D eigenvalue weighted by atomic mass is 32.2. The molecule has 2 aromatic carbocycles. The van der Waals surface area contributed by atoms with E-state index in [0.29, 0.717) is 6.42 Å². The van der Waals surface area contributed by atoms with E-state index in [-0.39, 0.29) is 5.91 Å². The fourth-order valence-electron chi connectivity index (χ4n) is 1.82. The molecule has 1 N–H and O–H groups in total. The second-order valence-corrected chi connectivity index (χ2v) is 5.25. The van der Waals surface area contributed by atoms with E-state index in [9.17, 15) is 4.79 Å². The van der Waals surface area contributed by atoms with Crippen LogP contribution in [0.3, 0.4) is 0 Å². The van der Waals surface area contributed by atoms with Crippen LogP contribution in [0.15, 0.2) is 54.6 Å². The van der Waals surface area contributed by atoms with Gasteiger partial charge in [0.1, 0.15) is 0 Å². The molecule has 0 heterocycles. The zero-order valence-electron chi connectivity index (χ0n) is 10.9. The van der Waals surface area contributed by atoms with E-state index < -0.39 is 0 Å². The summed E-state index contributed by atoms with van der Waals surface area (Å²) in [6.45, 7) is 2.03. The number of carbonyl (C=O) groups is 1. The lowest BCUT2D eigenvalue weighted by Crippen LogP contribution is -2.18. The summed E-state index contributed by atoms with van der Waals surface area (Å²) in [5.74, 6) is 0.840. The van der Waals surface area contributed by atoms with Gasteiger partial charge in [-0.3, -0.25) is 9.52 Å². The summed E-state index contributed by atoms with van der Waals surface area (Å²) in [7, 11) is 0. The number of aryl methyl sites for hydroxylation is 1. The molecule has 0 fully saturated rings. The highest BCUT2D eigenvalue weighted by Gasteiger charge is 2.03. The summed E-state index contributed by atoms with van der Waals surface area (Å²) in [5, 5.41) is 0. The largest absolute Gasteiger partial charge is 0.300 e. The Morgan fingerprint density at radius 3 is 2.53 bits per heavy atom. The second kappa shape index (κ2) is 7.00. The fraction of sp³-hybridized carbons (Fsp3) is 0.188. The van der Waals surface area contributed by atoms with Gasteiger partial charge in [0.25, 0.3) is 0 Å². The molecule has 98 valence electrons. The van der Waals surface area contributed by atoms with Gasteiger partial charge in [0.15, 0.2) is 0 Å². The molecule has 0 aliphatic carbocycles. The molecular formula is C16H17NOS. The van der Waals surface area contributed by atoms with Crippen molar-refractivity contribution < 1.29 is 4.79 Å². The maximum atomic E-state index is 11.8. The SMILES string of the molecule is Cc1cccc(CC(=O)NSCc2ccccc2)c1. The van der Waals surface area contributed by atoms with Crippen LogP contribution in [0.1, 0.15) is 16.7 Å². The lowest BCUT2D eigenvalue weighted by Gasteiger charge is -2.05. The van der Waals surface area contributed by atoms with Gasteiger partial charge in [-0.05, 0) is 30.0 Å². The Morgan fingerprint density at radius 2 is 1.79 bits per heavy atom. The molecule has 0 unspecified atom stereocenters. The third-order valence-corrected chi connectivity index (χ3v) is 3.56. The van der Waals surface area contributed by atoms with Crippen LogP contribution in [-0.2, 0) is 17.0 Å². The van der Waals surface area contributed by atoms with Gasteiger partial charge in [0, 0.05) is 5.75 Å². The number of benzene rings is 2. The molecule has 0 aliphatic heterocycles. The van der Waals surface area contributed by atoms with Gasteiger partial charge in [0.2, 0.25) is 5.91 Å². The Balaban J connectivity index is 1.76. The topological polar surface area (TPSA) is 29.1 Å². The van der Waals surface area contributed by atoms with Crippen molar-refractivity contribution in [1.82, 2.24) is 4.72 Å². The maximum absolute atomic E-state index is 11.8. The highest BCUT2D eigenvalue weighted by molar-refractivity contribution is 7.97. The van der Waals surface area contributed by atoms with Crippen LogP contribution in [0.2, 0.25) is 0 Å². The normalized spacial score (nSPS) is 10.2. The van der Waals surface area contributed by atoms with Crippen molar-refractivity contribution in [2.75, 3.05) is 0 Å². The van der Waals surface area contributed by atoms with Crippen LogP contribution in [-0.4, -0.2) is 5.91 Å². The molecule has 0 aromatic heterocycles. The maximum Gasteiger partial charge on any atom is 0.234 e. The van der Waals surface area contributed by atoms with E-state index >= 15 is 0 Å². The number of hydrogen-bond acceptors (Lipinski definition) is 2. The molecule has 0 atom stereocenters. The molecule has 0 saturated heterocycles. The molecule has 0 spiro atoms. The Bertz CT molecular complexity index is 539. The summed E-state index contributed by atoms with van der Waals surface area (Å²) in [5.41, 5.74) is 3.45. The average Bonchev–Trinajstić information content (AvgIpc) is 2.40. The summed E-state index contributed by atoms with van der Waals surface area (Å²) < 4.78 is 2.88. The zero-order valence-corrected chi connectivity index (χ0v) is 11.7. The number of carbonyl (C=O) groups excluding carboxylic acids is 1. The number of hydrogen-bond donors (Lipinski definition) is 1. The van der Waals surface area contributed by atoms with Crippen molar-refractivity contribution in [3.63, 3.8) is 0 Å². The molecule has 2 nitrogen and oxygen atoms in total. The minimum absolute atomic E-state index is 0.0477. The quantitative estimate of drug-likeness (QED) is 0.843. The molecule has 0 radical (unpaired) electrons. The summed E-state index contributed by atoms with van der Waals surface area (Å²) in [4.78, 5) is 11.8. The Hall–Kier alpha value is -1.74. The lowest BCUT2D eigenvalue weighted by molar-refractivity contribution is -0.118. The van der Waals surface area contributed by atoms with Crippen molar-refractivity contribution in [2.45, 2.75) is 19.1 Å². The first kappa shape index (κ1) is 13.7. The molecule has 2 aromatic rings. The predicted molar refractivity (Wildman–Crippen MR) is 80.8 cm³/mol. The highest BCUT2D eigenvalue weighted by Crippen LogP contribution is 2.09. The minimum atomic E-state index is 0.0477. The van der Waals surface area contributed by atoms with Gasteiger partial charge in [-0.1, -0.05) is 60.2 Å². The summed E-state index contributed by atoms with van der Waals surface area (Å²) >= 11 is 1.44. The van der Waals surface area contributed by atoms with Crippen molar-refractivity contribution >= 4 is 17.9 Å². The van der Waals surface area contributed by atoms with Crippen LogP contribution in [0.4, 0.5) is 0 Å². The van der Waals surface area contributed by atoms with E-state index in [1.165, 1.54) is 23.1 Å². The third-order valence-electron chi connectivity index (χ3n) is 2.71. The average molecular weight is 271 g/mol. The molecule has 0 aliphatic rings. The van der Waals surface area contributed by atoms with E-state index in [0.717, 1.165) is 11.3 Å². The van der Waals surface area contributed by atoms with Gasteiger partial charge >= 0.3 is 0 Å². The van der Waals surface area contributed by atoms with Crippen molar-refractivity contribution in [1.29, 1.82) is 0 Å². The van der Waals surface area contributed by atoms with E-state index in [4.69, 9.17) is 0 Å². The van der Waals surface area contributed by atoms with Gasteiger partial charge in [-0.25, -0.2) is 0 Å². The second-order valence-electron chi connectivity index (χ2n) is 4.47. The first-order valence-electron chi connectivity index (χ1n) is 6.24. The molecule has 3 heteroatoms. The Labute approximate surface area is 118 Å². The zero-order chi connectivity index (χ0) is 13.5. The van der Waals surface area contributed by atoms with Crippen molar-refractivity contribution in [3.8, 4) is 0 Å². The van der Waals surface area contributed by atoms with E-state index in [1.54, 1.807) is 0 Å². The molecule has 0 bridgehead atoms. The molecule has 2 rings (SSSR count). The first-order valence-corrected chi connectivity index (χ1v) is 7.23. The molecular weight excluding hydrogens is 254 g/mol. The van der Waals surface area contributed by atoms with Gasteiger partial charge in [0.05, 0.1) is 6.42 Å². The molecule has 0 saturated carbocycles. The smallest absolute Gasteiger partial charge is 0.234 e. The van der Waals surface area contributed by atoms with Crippen molar-refractivity contribution in [2.24, 2.45) is 0 Å².